The smallest absolute Gasteiger partial charge is 0.271 e. The SMILES string of the molecule is CCCNC(=O)c1ccc(NCc2ccccc2)nn1. The number of hydrogen-bond acceptors (Lipinski definition) is 4. The molecule has 0 atom stereocenters. The summed E-state index contributed by atoms with van der Waals surface area (Å²) in [5, 5.41) is 13.8. The number of benzene rings is 1. The molecule has 1 heterocycles. The summed E-state index contributed by atoms with van der Waals surface area (Å²) in [5.74, 6) is 0.467. The van der Waals surface area contributed by atoms with Gasteiger partial charge in [-0.15, -0.1) is 10.2 Å². The molecule has 0 aliphatic carbocycles. The lowest BCUT2D eigenvalue weighted by molar-refractivity contribution is 0.0947. The van der Waals surface area contributed by atoms with E-state index in [4.69, 9.17) is 0 Å². The largest absolute Gasteiger partial charge is 0.365 e. The Bertz CT molecular complexity index is 540. The molecule has 2 aromatic rings. The molecule has 5 heteroatoms. The van der Waals surface area contributed by atoms with Gasteiger partial charge in [0.1, 0.15) is 5.82 Å². The van der Waals surface area contributed by atoms with Crippen molar-refractivity contribution < 1.29 is 4.79 Å². The van der Waals surface area contributed by atoms with E-state index in [1.165, 1.54) is 5.56 Å². The monoisotopic (exact) mass is 270 g/mol. The minimum atomic E-state index is -0.186. The number of amides is 1. The van der Waals surface area contributed by atoms with Crippen molar-refractivity contribution in [1.82, 2.24) is 15.5 Å². The molecule has 0 saturated heterocycles. The van der Waals surface area contributed by atoms with Gasteiger partial charge in [0.15, 0.2) is 5.69 Å². The second kappa shape index (κ2) is 7.23. The van der Waals surface area contributed by atoms with Crippen molar-refractivity contribution in [2.45, 2.75) is 19.9 Å². The maximum Gasteiger partial charge on any atom is 0.271 e. The second-order valence-electron chi connectivity index (χ2n) is 4.40. The quantitative estimate of drug-likeness (QED) is 0.844. The van der Waals surface area contributed by atoms with Crippen molar-refractivity contribution >= 4 is 11.7 Å². The van der Waals surface area contributed by atoms with Crippen LogP contribution in [0.3, 0.4) is 0 Å². The molecule has 20 heavy (non-hydrogen) atoms. The molecule has 0 spiro atoms. The Morgan fingerprint density at radius 1 is 1.10 bits per heavy atom. The zero-order chi connectivity index (χ0) is 14.2. The van der Waals surface area contributed by atoms with Gasteiger partial charge < -0.3 is 10.6 Å². The van der Waals surface area contributed by atoms with E-state index < -0.39 is 0 Å². The Morgan fingerprint density at radius 3 is 2.55 bits per heavy atom. The van der Waals surface area contributed by atoms with Gasteiger partial charge in [-0.25, -0.2) is 0 Å². The predicted octanol–water partition coefficient (Wildman–Crippen LogP) is 2.23. The van der Waals surface area contributed by atoms with Crippen LogP contribution in [-0.4, -0.2) is 22.6 Å². The van der Waals surface area contributed by atoms with Crippen LogP contribution in [0.2, 0.25) is 0 Å². The first-order valence-corrected chi connectivity index (χ1v) is 6.69. The Kier molecular flexibility index (Phi) is 5.06. The molecule has 0 aliphatic rings. The number of anilines is 1. The van der Waals surface area contributed by atoms with Crippen molar-refractivity contribution in [3.05, 3.63) is 53.7 Å². The number of carbonyl (C=O) groups is 1. The van der Waals surface area contributed by atoms with Gasteiger partial charge in [-0.3, -0.25) is 4.79 Å². The summed E-state index contributed by atoms with van der Waals surface area (Å²) < 4.78 is 0. The molecule has 0 unspecified atom stereocenters. The van der Waals surface area contributed by atoms with Crippen LogP contribution in [-0.2, 0) is 6.54 Å². The summed E-state index contributed by atoms with van der Waals surface area (Å²) in [4.78, 5) is 11.7. The van der Waals surface area contributed by atoms with Gasteiger partial charge in [0.25, 0.3) is 5.91 Å². The van der Waals surface area contributed by atoms with Gasteiger partial charge in [0.2, 0.25) is 0 Å². The number of carbonyl (C=O) groups excluding carboxylic acids is 1. The third-order valence-electron chi connectivity index (χ3n) is 2.75. The molecule has 0 bridgehead atoms. The fourth-order valence-electron chi connectivity index (χ4n) is 1.67. The Hall–Kier alpha value is -2.43. The molecule has 1 aromatic heterocycles. The standard InChI is InChI=1S/C15H18N4O/c1-2-10-16-15(20)13-8-9-14(19-18-13)17-11-12-6-4-3-5-7-12/h3-9H,2,10-11H2,1H3,(H,16,20)(H,17,19). The van der Waals surface area contributed by atoms with E-state index in [0.717, 1.165) is 6.42 Å². The zero-order valence-electron chi connectivity index (χ0n) is 11.5. The molecule has 0 aliphatic heterocycles. The van der Waals surface area contributed by atoms with Gasteiger partial charge in [-0.05, 0) is 24.1 Å². The first-order chi connectivity index (χ1) is 9.79. The van der Waals surface area contributed by atoms with Crippen molar-refractivity contribution in [1.29, 1.82) is 0 Å². The first-order valence-electron chi connectivity index (χ1n) is 6.69. The van der Waals surface area contributed by atoms with Crippen molar-refractivity contribution in [2.75, 3.05) is 11.9 Å². The molecule has 104 valence electrons. The molecular weight excluding hydrogens is 252 g/mol. The number of hydrogen-bond donors (Lipinski definition) is 2. The highest BCUT2D eigenvalue weighted by atomic mass is 16.1. The van der Waals surface area contributed by atoms with Crippen LogP contribution in [0.15, 0.2) is 42.5 Å². The molecular formula is C15H18N4O. The number of nitrogens with zero attached hydrogens (tertiary/aromatic N) is 2. The zero-order valence-corrected chi connectivity index (χ0v) is 11.5. The van der Waals surface area contributed by atoms with E-state index in [9.17, 15) is 4.79 Å². The third kappa shape index (κ3) is 4.05. The fourth-order valence-corrected chi connectivity index (χ4v) is 1.67. The normalized spacial score (nSPS) is 10.1. The van der Waals surface area contributed by atoms with Gasteiger partial charge in [-0.1, -0.05) is 37.3 Å². The topological polar surface area (TPSA) is 66.9 Å². The highest BCUT2D eigenvalue weighted by molar-refractivity contribution is 5.92. The summed E-state index contributed by atoms with van der Waals surface area (Å²) in [6.07, 6.45) is 0.899. The second-order valence-corrected chi connectivity index (χ2v) is 4.40. The van der Waals surface area contributed by atoms with Gasteiger partial charge >= 0.3 is 0 Å². The molecule has 5 nitrogen and oxygen atoms in total. The third-order valence-corrected chi connectivity index (χ3v) is 2.75. The lowest BCUT2D eigenvalue weighted by Gasteiger charge is -2.06. The van der Waals surface area contributed by atoms with Crippen LogP contribution in [0, 0.1) is 0 Å². The van der Waals surface area contributed by atoms with Crippen LogP contribution < -0.4 is 10.6 Å². The number of nitrogens with one attached hydrogen (secondary N) is 2. The molecule has 0 fully saturated rings. The fraction of sp³-hybridized carbons (Fsp3) is 0.267. The molecule has 0 radical (unpaired) electrons. The van der Waals surface area contributed by atoms with E-state index in [2.05, 4.69) is 20.8 Å². The van der Waals surface area contributed by atoms with Gasteiger partial charge in [0, 0.05) is 13.1 Å². The van der Waals surface area contributed by atoms with Crippen molar-refractivity contribution in [3.8, 4) is 0 Å². The van der Waals surface area contributed by atoms with Crippen LogP contribution in [0.1, 0.15) is 29.4 Å². The van der Waals surface area contributed by atoms with Gasteiger partial charge in [-0.2, -0.15) is 0 Å². The molecule has 1 amide bonds. The first kappa shape index (κ1) is 14.0. The van der Waals surface area contributed by atoms with Crippen LogP contribution in [0.5, 0.6) is 0 Å². The summed E-state index contributed by atoms with van der Waals surface area (Å²) in [6, 6.07) is 13.5. The van der Waals surface area contributed by atoms with Gasteiger partial charge in [0.05, 0.1) is 0 Å². The van der Waals surface area contributed by atoms with Crippen molar-refractivity contribution in [3.63, 3.8) is 0 Å². The molecule has 0 saturated carbocycles. The van der Waals surface area contributed by atoms with E-state index in [-0.39, 0.29) is 5.91 Å². The van der Waals surface area contributed by atoms with Crippen LogP contribution >= 0.6 is 0 Å². The number of rotatable bonds is 6. The van der Waals surface area contributed by atoms with E-state index in [1.54, 1.807) is 12.1 Å². The summed E-state index contributed by atoms with van der Waals surface area (Å²) in [7, 11) is 0. The molecule has 2 N–H and O–H groups in total. The van der Waals surface area contributed by atoms with E-state index in [1.807, 2.05) is 37.3 Å². The Balaban J connectivity index is 1.90. The van der Waals surface area contributed by atoms with E-state index >= 15 is 0 Å². The lowest BCUT2D eigenvalue weighted by Crippen LogP contribution is -2.25. The summed E-state index contributed by atoms with van der Waals surface area (Å²) in [6.45, 7) is 3.33. The maximum absolute atomic E-state index is 11.7. The van der Waals surface area contributed by atoms with Crippen LogP contribution in [0.25, 0.3) is 0 Å². The minimum absolute atomic E-state index is 0.186. The maximum atomic E-state index is 11.7. The average molecular weight is 270 g/mol. The average Bonchev–Trinajstić information content (AvgIpc) is 2.52. The molecule has 2 rings (SSSR count). The number of aromatic nitrogens is 2. The lowest BCUT2D eigenvalue weighted by atomic mass is 10.2. The Labute approximate surface area is 118 Å². The summed E-state index contributed by atoms with van der Waals surface area (Å²) in [5.41, 5.74) is 1.50. The minimum Gasteiger partial charge on any atom is -0.365 e. The van der Waals surface area contributed by atoms with E-state index in [0.29, 0.717) is 24.6 Å². The van der Waals surface area contributed by atoms with Crippen molar-refractivity contribution in [2.24, 2.45) is 0 Å². The summed E-state index contributed by atoms with van der Waals surface area (Å²) >= 11 is 0. The predicted molar refractivity (Wildman–Crippen MR) is 78.4 cm³/mol. The highest BCUT2D eigenvalue weighted by Crippen LogP contribution is 2.05. The Morgan fingerprint density at radius 2 is 1.90 bits per heavy atom. The highest BCUT2D eigenvalue weighted by Gasteiger charge is 2.06. The van der Waals surface area contributed by atoms with Crippen LogP contribution in [0.4, 0.5) is 5.82 Å². The molecule has 1 aromatic carbocycles.